The molecule has 0 bridgehead atoms. The van der Waals surface area contributed by atoms with Crippen LogP contribution in [0.3, 0.4) is 0 Å². The summed E-state index contributed by atoms with van der Waals surface area (Å²) in [7, 11) is 1.71. The minimum absolute atomic E-state index is 0.832. The van der Waals surface area contributed by atoms with Crippen LogP contribution >= 0.6 is 0 Å². The largest absolute Gasteiger partial charge is 0.497 e. The first-order chi connectivity index (χ1) is 14.3. The average Bonchev–Trinajstić information content (AvgIpc) is 3.23. The van der Waals surface area contributed by atoms with Crippen LogP contribution < -0.4 is 14.5 Å². The summed E-state index contributed by atoms with van der Waals surface area (Å²) in [4.78, 5) is 9.68. The maximum atomic E-state index is 5.37. The number of nitrogens with zero attached hydrogens (tertiary/aromatic N) is 6. The fourth-order valence-corrected chi connectivity index (χ4v) is 4.05. The number of rotatable bonds is 4. The predicted molar refractivity (Wildman–Crippen MR) is 115 cm³/mol. The molecule has 5 rings (SSSR count). The Morgan fingerprint density at radius 2 is 1.72 bits per heavy atom. The molecule has 7 nitrogen and oxygen atoms in total. The van der Waals surface area contributed by atoms with Crippen LogP contribution in [0.4, 0.5) is 11.5 Å². The van der Waals surface area contributed by atoms with Crippen LogP contribution in [0.5, 0.6) is 5.75 Å². The Balaban J connectivity index is 1.48. The van der Waals surface area contributed by atoms with E-state index in [1.807, 2.05) is 24.3 Å². The molecule has 4 aromatic rings. The van der Waals surface area contributed by atoms with E-state index in [2.05, 4.69) is 55.6 Å². The summed E-state index contributed by atoms with van der Waals surface area (Å²) in [5.74, 6) is 2.77. The third kappa shape index (κ3) is 3.03. The lowest BCUT2D eigenvalue weighted by Gasteiger charge is -2.36. The second-order valence-electron chi connectivity index (χ2n) is 7.23. The predicted octanol–water partition coefficient (Wildman–Crippen LogP) is 3.18. The Labute approximate surface area is 169 Å². The van der Waals surface area contributed by atoms with Crippen molar-refractivity contribution in [1.82, 2.24) is 19.6 Å². The van der Waals surface area contributed by atoms with Gasteiger partial charge in [0.2, 0.25) is 5.65 Å². The summed E-state index contributed by atoms with van der Waals surface area (Å²) in [5.41, 5.74) is 4.06. The minimum atomic E-state index is 0.832. The van der Waals surface area contributed by atoms with E-state index in [1.54, 1.807) is 7.11 Å². The number of fused-ring (bicyclic) bond motifs is 3. The zero-order valence-electron chi connectivity index (χ0n) is 16.7. The first-order valence-electron chi connectivity index (χ1n) is 10.0. The maximum Gasteiger partial charge on any atom is 0.204 e. The van der Waals surface area contributed by atoms with Gasteiger partial charge in [0.25, 0.3) is 0 Å². The van der Waals surface area contributed by atoms with Gasteiger partial charge in [0, 0.05) is 44.4 Å². The Morgan fingerprint density at radius 1 is 0.931 bits per heavy atom. The van der Waals surface area contributed by atoms with Crippen molar-refractivity contribution in [3.05, 3.63) is 54.4 Å². The molecule has 0 N–H and O–H groups in total. The van der Waals surface area contributed by atoms with E-state index in [9.17, 15) is 0 Å². The third-order valence-corrected chi connectivity index (χ3v) is 5.59. The lowest BCUT2D eigenvalue weighted by molar-refractivity contribution is 0.414. The molecule has 29 heavy (non-hydrogen) atoms. The van der Waals surface area contributed by atoms with Crippen molar-refractivity contribution >= 4 is 28.2 Å². The molecule has 0 unspecified atom stereocenters. The summed E-state index contributed by atoms with van der Waals surface area (Å²) in [5, 5.41) is 8.92. The zero-order valence-corrected chi connectivity index (χ0v) is 16.7. The number of piperazine rings is 1. The standard InChI is InChI=1S/C22H24N6O/c1-3-20-24-25-22-21(23-18-9-4-5-10-19(18)28(20)22)27-13-11-26(12-14-27)16-7-6-8-17(15-16)29-2/h4-10,15H,3,11-14H2,1-2H3. The van der Waals surface area contributed by atoms with Gasteiger partial charge in [-0.05, 0) is 24.3 Å². The molecule has 2 aromatic heterocycles. The van der Waals surface area contributed by atoms with Crippen LogP contribution in [0.25, 0.3) is 16.7 Å². The Morgan fingerprint density at radius 3 is 2.52 bits per heavy atom. The molecule has 3 heterocycles. The number of aromatic nitrogens is 4. The normalized spacial score (nSPS) is 14.7. The minimum Gasteiger partial charge on any atom is -0.497 e. The van der Waals surface area contributed by atoms with Gasteiger partial charge < -0.3 is 14.5 Å². The lowest BCUT2D eigenvalue weighted by Crippen LogP contribution is -2.47. The SMILES string of the molecule is CCc1nnc2c(N3CCN(c4cccc(OC)c4)CC3)nc3ccccc3n12. The number of hydrogen-bond acceptors (Lipinski definition) is 6. The first kappa shape index (κ1) is 17.7. The van der Waals surface area contributed by atoms with E-state index in [1.165, 1.54) is 5.69 Å². The summed E-state index contributed by atoms with van der Waals surface area (Å²) in [6, 6.07) is 16.5. The first-order valence-corrected chi connectivity index (χ1v) is 10.0. The fraction of sp³-hybridized carbons (Fsp3) is 0.318. The quantitative estimate of drug-likeness (QED) is 0.535. The van der Waals surface area contributed by atoms with Gasteiger partial charge in [0.05, 0.1) is 18.1 Å². The number of hydrogen-bond donors (Lipinski definition) is 0. The van der Waals surface area contributed by atoms with Gasteiger partial charge in [0.1, 0.15) is 11.6 Å². The molecule has 1 saturated heterocycles. The molecule has 0 radical (unpaired) electrons. The van der Waals surface area contributed by atoms with E-state index in [-0.39, 0.29) is 0 Å². The number of anilines is 2. The summed E-state index contributed by atoms with van der Waals surface area (Å²) < 4.78 is 7.53. The van der Waals surface area contributed by atoms with Crippen LogP contribution in [0.1, 0.15) is 12.7 Å². The Kier molecular flexibility index (Phi) is 4.42. The van der Waals surface area contributed by atoms with Crippen molar-refractivity contribution in [2.75, 3.05) is 43.1 Å². The summed E-state index contributed by atoms with van der Waals surface area (Å²) in [6.45, 7) is 5.71. The number of methoxy groups -OCH3 is 1. The van der Waals surface area contributed by atoms with Crippen molar-refractivity contribution < 1.29 is 4.74 Å². The van der Waals surface area contributed by atoms with E-state index in [0.717, 1.165) is 66.7 Å². The molecule has 0 atom stereocenters. The van der Waals surface area contributed by atoms with Gasteiger partial charge >= 0.3 is 0 Å². The molecule has 1 aliphatic heterocycles. The topological polar surface area (TPSA) is 58.8 Å². The van der Waals surface area contributed by atoms with Crippen molar-refractivity contribution in [3.63, 3.8) is 0 Å². The van der Waals surface area contributed by atoms with Crippen LogP contribution in [0, 0.1) is 0 Å². The molecule has 0 aliphatic carbocycles. The second kappa shape index (κ2) is 7.24. The highest BCUT2D eigenvalue weighted by Crippen LogP contribution is 2.27. The third-order valence-electron chi connectivity index (χ3n) is 5.59. The van der Waals surface area contributed by atoms with E-state index >= 15 is 0 Å². The van der Waals surface area contributed by atoms with Crippen LogP contribution in [0.15, 0.2) is 48.5 Å². The number of benzene rings is 2. The van der Waals surface area contributed by atoms with Gasteiger partial charge in [-0.2, -0.15) is 0 Å². The van der Waals surface area contributed by atoms with Gasteiger partial charge in [-0.3, -0.25) is 4.40 Å². The smallest absolute Gasteiger partial charge is 0.204 e. The fourth-order valence-electron chi connectivity index (χ4n) is 4.05. The zero-order chi connectivity index (χ0) is 19.8. The van der Waals surface area contributed by atoms with Crippen molar-refractivity contribution in [2.24, 2.45) is 0 Å². The van der Waals surface area contributed by atoms with Gasteiger partial charge in [-0.1, -0.05) is 25.1 Å². The molecule has 7 heteroatoms. The highest BCUT2D eigenvalue weighted by atomic mass is 16.5. The van der Waals surface area contributed by atoms with E-state index in [0.29, 0.717) is 0 Å². The molecule has 0 spiro atoms. The van der Waals surface area contributed by atoms with Crippen molar-refractivity contribution in [2.45, 2.75) is 13.3 Å². The molecule has 0 saturated carbocycles. The maximum absolute atomic E-state index is 5.37. The van der Waals surface area contributed by atoms with Gasteiger partial charge in [-0.25, -0.2) is 4.98 Å². The van der Waals surface area contributed by atoms with Crippen molar-refractivity contribution in [3.8, 4) is 5.75 Å². The average molecular weight is 388 g/mol. The number of ether oxygens (including phenoxy) is 1. The number of aryl methyl sites for hydroxylation is 1. The molecule has 1 fully saturated rings. The Hall–Kier alpha value is -3.35. The molecule has 148 valence electrons. The molecular weight excluding hydrogens is 364 g/mol. The molecular formula is C22H24N6O. The number of para-hydroxylation sites is 2. The lowest BCUT2D eigenvalue weighted by atomic mass is 10.2. The van der Waals surface area contributed by atoms with Gasteiger partial charge in [-0.15, -0.1) is 10.2 Å². The van der Waals surface area contributed by atoms with Gasteiger partial charge in [0.15, 0.2) is 5.82 Å². The monoisotopic (exact) mass is 388 g/mol. The van der Waals surface area contributed by atoms with Crippen LogP contribution in [0.2, 0.25) is 0 Å². The molecule has 0 amide bonds. The molecule has 2 aromatic carbocycles. The molecule has 1 aliphatic rings. The Bertz CT molecular complexity index is 1160. The van der Waals surface area contributed by atoms with E-state index in [4.69, 9.17) is 9.72 Å². The highest BCUT2D eigenvalue weighted by molar-refractivity contribution is 5.83. The van der Waals surface area contributed by atoms with E-state index < -0.39 is 0 Å². The summed E-state index contributed by atoms with van der Waals surface area (Å²) >= 11 is 0. The second-order valence-corrected chi connectivity index (χ2v) is 7.23. The van der Waals surface area contributed by atoms with Crippen molar-refractivity contribution in [1.29, 1.82) is 0 Å². The van der Waals surface area contributed by atoms with Crippen LogP contribution in [-0.2, 0) is 6.42 Å². The highest BCUT2D eigenvalue weighted by Gasteiger charge is 2.23. The summed E-state index contributed by atoms with van der Waals surface area (Å²) in [6.07, 6.45) is 0.832. The van der Waals surface area contributed by atoms with Crippen LogP contribution in [-0.4, -0.2) is 52.9 Å².